The minimum atomic E-state index is -4.49. The molecule has 8 heteroatoms. The van der Waals surface area contributed by atoms with E-state index in [4.69, 9.17) is 0 Å². The van der Waals surface area contributed by atoms with Crippen LogP contribution in [0.2, 0.25) is 0 Å². The van der Waals surface area contributed by atoms with Gasteiger partial charge in [-0.2, -0.15) is 13.2 Å². The topological polar surface area (TPSA) is 65.8 Å². The quantitative estimate of drug-likeness (QED) is 0.470. The summed E-state index contributed by atoms with van der Waals surface area (Å²) in [6, 6.07) is 0. The molecule has 0 bridgehead atoms. The predicted octanol–water partition coefficient (Wildman–Crippen LogP) is -0.000000000000000111. The Morgan fingerprint density at radius 2 is 2.14 bits per heavy atom. The molecule has 1 fully saturated rings. The number of rotatable bonds is 1. The molecule has 0 atom stereocenters. The lowest BCUT2D eigenvalue weighted by Crippen LogP contribution is -2.25. The molecule has 78 valence electrons. The fourth-order valence-electron chi connectivity index (χ4n) is 0.626. The highest BCUT2D eigenvalue weighted by Crippen LogP contribution is 2.16. The van der Waals surface area contributed by atoms with Crippen LogP contribution < -0.4 is 10.6 Å². The van der Waals surface area contributed by atoms with Crippen molar-refractivity contribution in [2.45, 2.75) is 13.1 Å². The van der Waals surface area contributed by atoms with Gasteiger partial charge in [-0.15, -0.1) is 10.2 Å². The second kappa shape index (κ2) is 3.64. The largest absolute Gasteiger partial charge is 0.431 e. The lowest BCUT2D eigenvalue weighted by atomic mass is 10.4. The molecule has 14 heavy (non-hydrogen) atoms. The molecule has 0 aromatic heterocycles. The van der Waals surface area contributed by atoms with Crippen molar-refractivity contribution in [1.82, 2.24) is 10.6 Å². The third kappa shape index (κ3) is 2.71. The summed E-state index contributed by atoms with van der Waals surface area (Å²) < 4.78 is 35.7. The molecule has 1 aliphatic rings. The van der Waals surface area contributed by atoms with E-state index in [9.17, 15) is 18.0 Å². The molecule has 1 aliphatic heterocycles. The Kier molecular flexibility index (Phi) is 2.73. The molecule has 5 nitrogen and oxygen atoms in total. The molecule has 0 spiro atoms. The number of hydrogen-bond donors (Lipinski definition) is 2. The molecule has 1 heterocycles. The van der Waals surface area contributed by atoms with Crippen molar-refractivity contribution in [2.75, 3.05) is 6.54 Å². The predicted molar refractivity (Wildman–Crippen MR) is 42.7 cm³/mol. The lowest BCUT2D eigenvalue weighted by molar-refractivity contribution is -0.117. The third-order valence-electron chi connectivity index (χ3n) is 1.38. The first kappa shape index (κ1) is 10.5. The van der Waals surface area contributed by atoms with Crippen LogP contribution >= 0.6 is 0 Å². The van der Waals surface area contributed by atoms with Gasteiger partial charge in [-0.05, 0) is 6.92 Å². The van der Waals surface area contributed by atoms with Gasteiger partial charge in [-0.3, -0.25) is 10.1 Å². The Labute approximate surface area is 77.1 Å². The minimum Gasteiger partial charge on any atom is -0.345 e. The highest BCUT2D eigenvalue weighted by Gasteiger charge is 2.32. The molecule has 0 saturated carbocycles. The van der Waals surface area contributed by atoms with Crippen LogP contribution in [0.3, 0.4) is 0 Å². The second-order valence-electron chi connectivity index (χ2n) is 2.53. The van der Waals surface area contributed by atoms with Crippen LogP contribution in [0.25, 0.3) is 0 Å². The van der Waals surface area contributed by atoms with Gasteiger partial charge in [-0.1, -0.05) is 0 Å². The minimum absolute atomic E-state index is 0.000577. The van der Waals surface area contributed by atoms with Gasteiger partial charge in [0.2, 0.25) is 11.9 Å². The molecule has 1 amide bonds. The second-order valence-corrected chi connectivity index (χ2v) is 2.53. The van der Waals surface area contributed by atoms with Crippen LogP contribution in [0.15, 0.2) is 10.2 Å². The van der Waals surface area contributed by atoms with Gasteiger partial charge in [0.25, 0.3) is 0 Å². The Balaban J connectivity index is 2.66. The van der Waals surface area contributed by atoms with E-state index in [1.165, 1.54) is 0 Å². The van der Waals surface area contributed by atoms with Crippen LogP contribution in [0, 0.1) is 0 Å². The lowest BCUT2D eigenvalue weighted by Gasteiger charge is -2.02. The maximum atomic E-state index is 11.9. The van der Waals surface area contributed by atoms with Crippen molar-refractivity contribution in [1.29, 1.82) is 0 Å². The number of halogens is 3. The van der Waals surface area contributed by atoms with Crippen LogP contribution in [0.4, 0.5) is 13.2 Å². The van der Waals surface area contributed by atoms with Crippen molar-refractivity contribution in [3.05, 3.63) is 0 Å². The molecule has 0 radical (unpaired) electrons. The molecule has 2 N–H and O–H groups in total. The third-order valence-corrected chi connectivity index (χ3v) is 1.38. The van der Waals surface area contributed by atoms with Gasteiger partial charge in [-0.25, -0.2) is 0 Å². The highest BCUT2D eigenvalue weighted by molar-refractivity contribution is 6.04. The van der Waals surface area contributed by atoms with Crippen LogP contribution in [-0.4, -0.2) is 30.3 Å². The zero-order valence-corrected chi connectivity index (χ0v) is 7.14. The van der Waals surface area contributed by atoms with Crippen molar-refractivity contribution in [3.63, 3.8) is 0 Å². The van der Waals surface area contributed by atoms with E-state index >= 15 is 0 Å². The van der Waals surface area contributed by atoms with E-state index in [0.717, 1.165) is 6.92 Å². The molecule has 0 aliphatic carbocycles. The molecular weight excluding hydrogens is 201 g/mol. The number of hydrogen-bond acceptors (Lipinski definition) is 3. The molecule has 1 saturated heterocycles. The number of alkyl halides is 3. The summed E-state index contributed by atoms with van der Waals surface area (Å²) in [5, 5.41) is 10.7. The molecular formula is C6H7F3N4O. The summed E-state index contributed by atoms with van der Waals surface area (Å²) in [7, 11) is 0. The summed E-state index contributed by atoms with van der Waals surface area (Å²) in [5.74, 6) is -0.429. The number of amides is 1. The van der Waals surface area contributed by atoms with Gasteiger partial charge in [0, 0.05) is 0 Å². The number of nitrogens with one attached hydrogen (secondary N) is 2. The number of nitrogens with zero attached hydrogens (tertiary/aromatic N) is 2. The van der Waals surface area contributed by atoms with Gasteiger partial charge in [0.05, 0.1) is 6.54 Å². The van der Waals surface area contributed by atoms with Gasteiger partial charge >= 0.3 is 6.18 Å². The first-order chi connectivity index (χ1) is 6.39. The first-order valence-electron chi connectivity index (χ1n) is 3.63. The molecule has 0 unspecified atom stereocenters. The molecule has 1 rings (SSSR count). The van der Waals surface area contributed by atoms with Crippen molar-refractivity contribution < 1.29 is 18.0 Å². The van der Waals surface area contributed by atoms with Gasteiger partial charge in [0.15, 0.2) is 0 Å². The Hall–Kier alpha value is -1.60. The Morgan fingerprint density at radius 1 is 1.50 bits per heavy atom. The maximum Gasteiger partial charge on any atom is 0.431 e. The molecule has 0 aromatic carbocycles. The summed E-state index contributed by atoms with van der Waals surface area (Å²) in [4.78, 5) is 10.6. The number of guanidine groups is 1. The Morgan fingerprint density at radius 3 is 2.57 bits per heavy atom. The van der Waals surface area contributed by atoms with Gasteiger partial charge in [0.1, 0.15) is 5.71 Å². The SMILES string of the molecule is CC(=NN=C1NCC(=O)N1)C(F)(F)F. The summed E-state index contributed by atoms with van der Waals surface area (Å²) in [6.45, 7) is 0.792. The zero-order valence-electron chi connectivity index (χ0n) is 7.14. The van der Waals surface area contributed by atoms with Crippen molar-refractivity contribution in [2.24, 2.45) is 10.2 Å². The first-order valence-corrected chi connectivity index (χ1v) is 3.63. The summed E-state index contributed by atoms with van der Waals surface area (Å²) in [6.07, 6.45) is -4.49. The fourth-order valence-corrected chi connectivity index (χ4v) is 0.626. The average Bonchev–Trinajstić information content (AvgIpc) is 2.45. The Bertz CT molecular complexity index is 307. The average molecular weight is 208 g/mol. The van der Waals surface area contributed by atoms with Gasteiger partial charge < -0.3 is 5.32 Å². The van der Waals surface area contributed by atoms with E-state index in [0.29, 0.717) is 0 Å². The molecule has 0 aromatic rings. The standard InChI is InChI=1S/C6H7F3N4O/c1-3(6(7,8)9)12-13-5-10-2-4(14)11-5/h2H2,1H3,(H2,10,11,13,14). The summed E-state index contributed by atoms with van der Waals surface area (Å²) in [5.41, 5.74) is -1.08. The van der Waals surface area contributed by atoms with Crippen molar-refractivity contribution >= 4 is 17.6 Å². The van der Waals surface area contributed by atoms with E-state index in [2.05, 4.69) is 20.8 Å². The van der Waals surface area contributed by atoms with Crippen molar-refractivity contribution in [3.8, 4) is 0 Å². The maximum absolute atomic E-state index is 11.9. The monoisotopic (exact) mass is 208 g/mol. The number of carbonyl (C=O) groups excluding carboxylic acids is 1. The van der Waals surface area contributed by atoms with Crippen LogP contribution in [0.5, 0.6) is 0 Å². The van der Waals surface area contributed by atoms with E-state index in [-0.39, 0.29) is 18.4 Å². The smallest absolute Gasteiger partial charge is 0.345 e. The zero-order chi connectivity index (χ0) is 10.8. The van der Waals surface area contributed by atoms with Crippen LogP contribution in [0.1, 0.15) is 6.92 Å². The van der Waals surface area contributed by atoms with E-state index < -0.39 is 11.9 Å². The number of carbonyl (C=O) groups is 1. The highest BCUT2D eigenvalue weighted by atomic mass is 19.4. The van der Waals surface area contributed by atoms with Crippen LogP contribution in [-0.2, 0) is 4.79 Å². The van der Waals surface area contributed by atoms with E-state index in [1.807, 2.05) is 0 Å². The fraction of sp³-hybridized carbons (Fsp3) is 0.500. The normalized spacial score (nSPS) is 21.0. The summed E-state index contributed by atoms with van der Waals surface area (Å²) >= 11 is 0. The van der Waals surface area contributed by atoms with E-state index in [1.54, 1.807) is 0 Å².